The Morgan fingerprint density at radius 1 is 1.26 bits per heavy atom. The van der Waals surface area contributed by atoms with Gasteiger partial charge in [0.1, 0.15) is 6.33 Å². The number of rotatable bonds is 4. The zero-order valence-electron chi connectivity index (χ0n) is 10.2. The molecule has 1 aromatic carbocycles. The topological polar surface area (TPSA) is 73.1 Å². The lowest BCUT2D eigenvalue weighted by atomic mass is 10.2. The van der Waals surface area contributed by atoms with E-state index in [9.17, 15) is 8.78 Å². The second-order valence-corrected chi connectivity index (χ2v) is 3.74. The molecule has 0 aliphatic carbocycles. The van der Waals surface area contributed by atoms with E-state index in [0.717, 1.165) is 12.1 Å². The average molecular weight is 266 g/mol. The first-order valence-corrected chi connectivity index (χ1v) is 5.44. The lowest BCUT2D eigenvalue weighted by Gasteiger charge is -2.11. The fourth-order valence-electron chi connectivity index (χ4n) is 1.55. The molecule has 1 heterocycles. The quantitative estimate of drug-likeness (QED) is 0.885. The molecule has 0 bridgehead atoms. The minimum atomic E-state index is -0.895. The van der Waals surface area contributed by atoms with Crippen LogP contribution in [0.2, 0.25) is 0 Å². The summed E-state index contributed by atoms with van der Waals surface area (Å²) in [5.74, 6) is -0.879. The number of ether oxygens (including phenoxy) is 1. The lowest BCUT2D eigenvalue weighted by molar-refractivity contribution is 0.415. The second-order valence-electron chi connectivity index (χ2n) is 3.74. The standard InChI is InChI=1S/C12H12F2N4O/c1-19-10-11(15)17-6-18-12(10)16-5-7-2-3-8(13)9(14)4-7/h2-4,6H,5H2,1H3,(H3,15,16,17,18). The summed E-state index contributed by atoms with van der Waals surface area (Å²) in [6, 6.07) is 3.65. The van der Waals surface area contributed by atoms with Crippen molar-refractivity contribution in [1.82, 2.24) is 9.97 Å². The predicted molar refractivity (Wildman–Crippen MR) is 66.7 cm³/mol. The highest BCUT2D eigenvalue weighted by atomic mass is 19.2. The predicted octanol–water partition coefficient (Wildman–Crippen LogP) is 1.96. The van der Waals surface area contributed by atoms with Crippen molar-refractivity contribution in [2.45, 2.75) is 6.54 Å². The van der Waals surface area contributed by atoms with E-state index in [2.05, 4.69) is 15.3 Å². The van der Waals surface area contributed by atoms with Crippen LogP contribution in [-0.2, 0) is 6.54 Å². The number of nitrogen functional groups attached to an aromatic ring is 1. The molecule has 7 heteroatoms. The molecule has 0 unspecified atom stereocenters. The van der Waals surface area contributed by atoms with Gasteiger partial charge in [-0.15, -0.1) is 0 Å². The Balaban J connectivity index is 2.14. The van der Waals surface area contributed by atoms with E-state index in [0.29, 0.717) is 17.1 Å². The molecule has 100 valence electrons. The maximum Gasteiger partial charge on any atom is 0.203 e. The zero-order chi connectivity index (χ0) is 13.8. The van der Waals surface area contributed by atoms with Gasteiger partial charge in [-0.25, -0.2) is 18.7 Å². The average Bonchev–Trinajstić information content (AvgIpc) is 2.40. The number of hydrogen-bond acceptors (Lipinski definition) is 5. The van der Waals surface area contributed by atoms with Crippen LogP contribution >= 0.6 is 0 Å². The van der Waals surface area contributed by atoms with E-state index in [1.54, 1.807) is 0 Å². The third-order valence-corrected chi connectivity index (χ3v) is 2.48. The van der Waals surface area contributed by atoms with Crippen molar-refractivity contribution >= 4 is 11.6 Å². The van der Waals surface area contributed by atoms with Crippen LogP contribution in [0.3, 0.4) is 0 Å². The van der Waals surface area contributed by atoms with Gasteiger partial charge in [-0.3, -0.25) is 0 Å². The number of methoxy groups -OCH3 is 1. The summed E-state index contributed by atoms with van der Waals surface area (Å²) < 4.78 is 30.9. The first-order valence-electron chi connectivity index (χ1n) is 5.44. The molecule has 0 radical (unpaired) electrons. The number of nitrogens with one attached hydrogen (secondary N) is 1. The van der Waals surface area contributed by atoms with Crippen molar-refractivity contribution in [3.05, 3.63) is 41.7 Å². The fourth-order valence-corrected chi connectivity index (χ4v) is 1.55. The molecule has 0 fully saturated rings. The third-order valence-electron chi connectivity index (χ3n) is 2.48. The summed E-state index contributed by atoms with van der Waals surface area (Å²) in [6.45, 7) is 0.254. The van der Waals surface area contributed by atoms with Crippen molar-refractivity contribution in [2.75, 3.05) is 18.2 Å². The van der Waals surface area contributed by atoms with Crippen molar-refractivity contribution in [2.24, 2.45) is 0 Å². The molecule has 0 saturated heterocycles. The largest absolute Gasteiger partial charge is 0.490 e. The van der Waals surface area contributed by atoms with Crippen LogP contribution in [0.5, 0.6) is 5.75 Å². The number of aromatic nitrogens is 2. The Labute approximate surface area is 108 Å². The zero-order valence-corrected chi connectivity index (χ0v) is 10.2. The molecule has 19 heavy (non-hydrogen) atoms. The minimum absolute atomic E-state index is 0.199. The van der Waals surface area contributed by atoms with Crippen LogP contribution in [-0.4, -0.2) is 17.1 Å². The van der Waals surface area contributed by atoms with Crippen LogP contribution in [0, 0.1) is 11.6 Å². The molecule has 0 amide bonds. The third kappa shape index (κ3) is 2.87. The highest BCUT2D eigenvalue weighted by Gasteiger charge is 2.09. The van der Waals surface area contributed by atoms with Gasteiger partial charge in [-0.1, -0.05) is 6.07 Å². The molecule has 0 aliphatic heterocycles. The van der Waals surface area contributed by atoms with Crippen LogP contribution in [0.25, 0.3) is 0 Å². The molecule has 1 aromatic heterocycles. The molecule has 5 nitrogen and oxygen atoms in total. The maximum atomic E-state index is 13.0. The summed E-state index contributed by atoms with van der Waals surface area (Å²) in [4.78, 5) is 7.75. The molecular formula is C12H12F2N4O. The number of hydrogen-bond donors (Lipinski definition) is 2. The summed E-state index contributed by atoms with van der Waals surface area (Å²) in [5.41, 5.74) is 6.19. The Morgan fingerprint density at radius 2 is 2.05 bits per heavy atom. The highest BCUT2D eigenvalue weighted by Crippen LogP contribution is 2.26. The molecule has 0 spiro atoms. The van der Waals surface area contributed by atoms with Crippen LogP contribution in [0.4, 0.5) is 20.4 Å². The van der Waals surface area contributed by atoms with Crippen molar-refractivity contribution < 1.29 is 13.5 Å². The Bertz CT molecular complexity index is 592. The summed E-state index contributed by atoms with van der Waals surface area (Å²) >= 11 is 0. The van der Waals surface area contributed by atoms with E-state index < -0.39 is 11.6 Å². The molecule has 0 saturated carbocycles. The van der Waals surface area contributed by atoms with Gasteiger partial charge in [-0.2, -0.15) is 0 Å². The van der Waals surface area contributed by atoms with Gasteiger partial charge in [-0.05, 0) is 17.7 Å². The summed E-state index contributed by atoms with van der Waals surface area (Å²) in [5, 5.41) is 2.92. The van der Waals surface area contributed by atoms with Crippen molar-refractivity contribution in [3.63, 3.8) is 0 Å². The SMILES string of the molecule is COc1c(N)ncnc1NCc1ccc(F)c(F)c1. The molecule has 2 rings (SSSR count). The molecular weight excluding hydrogens is 254 g/mol. The van der Waals surface area contributed by atoms with Gasteiger partial charge in [0.05, 0.1) is 7.11 Å². The van der Waals surface area contributed by atoms with E-state index in [1.807, 2.05) is 0 Å². The second kappa shape index (κ2) is 5.47. The maximum absolute atomic E-state index is 13.0. The number of nitrogens with two attached hydrogens (primary N) is 1. The monoisotopic (exact) mass is 266 g/mol. The number of anilines is 2. The molecule has 2 aromatic rings. The van der Waals surface area contributed by atoms with E-state index >= 15 is 0 Å². The van der Waals surface area contributed by atoms with Crippen LogP contribution in [0.15, 0.2) is 24.5 Å². The first-order chi connectivity index (χ1) is 9.11. The van der Waals surface area contributed by atoms with E-state index in [-0.39, 0.29) is 12.4 Å². The Morgan fingerprint density at radius 3 is 2.74 bits per heavy atom. The fraction of sp³-hybridized carbons (Fsp3) is 0.167. The van der Waals surface area contributed by atoms with Gasteiger partial charge in [0.25, 0.3) is 0 Å². The van der Waals surface area contributed by atoms with Gasteiger partial charge >= 0.3 is 0 Å². The van der Waals surface area contributed by atoms with Crippen molar-refractivity contribution in [3.8, 4) is 5.75 Å². The van der Waals surface area contributed by atoms with Gasteiger partial charge < -0.3 is 15.8 Å². The summed E-state index contributed by atoms with van der Waals surface area (Å²) in [6.07, 6.45) is 1.28. The van der Waals surface area contributed by atoms with Gasteiger partial charge in [0.2, 0.25) is 5.75 Å². The van der Waals surface area contributed by atoms with Crippen LogP contribution in [0.1, 0.15) is 5.56 Å². The molecule has 0 aliphatic rings. The molecule has 0 atom stereocenters. The van der Waals surface area contributed by atoms with Gasteiger partial charge in [0.15, 0.2) is 23.3 Å². The van der Waals surface area contributed by atoms with E-state index in [1.165, 1.54) is 19.5 Å². The molecule has 3 N–H and O–H groups in total. The lowest BCUT2D eigenvalue weighted by Crippen LogP contribution is -2.06. The number of benzene rings is 1. The van der Waals surface area contributed by atoms with Crippen molar-refractivity contribution in [1.29, 1.82) is 0 Å². The number of nitrogens with zero attached hydrogens (tertiary/aromatic N) is 2. The smallest absolute Gasteiger partial charge is 0.203 e. The Kier molecular flexibility index (Phi) is 3.74. The first kappa shape index (κ1) is 13.0. The normalized spacial score (nSPS) is 10.3. The van der Waals surface area contributed by atoms with E-state index in [4.69, 9.17) is 10.5 Å². The minimum Gasteiger partial charge on any atom is -0.490 e. The van der Waals surface area contributed by atoms with Crippen LogP contribution < -0.4 is 15.8 Å². The summed E-state index contributed by atoms with van der Waals surface area (Å²) in [7, 11) is 1.44. The number of halogens is 2. The highest BCUT2D eigenvalue weighted by molar-refractivity contribution is 5.61. The Hall–Kier alpha value is -2.44. The van der Waals surface area contributed by atoms with Gasteiger partial charge in [0, 0.05) is 6.54 Å².